The molecule has 1 amide bonds. The van der Waals surface area contributed by atoms with Crippen LogP contribution in [0.4, 0.5) is 10.5 Å². The average molecular weight is 662 g/mol. The third-order valence-electron chi connectivity index (χ3n) is 9.44. The molecule has 3 aromatic carbocycles. The fourth-order valence-corrected chi connectivity index (χ4v) is 6.74. The van der Waals surface area contributed by atoms with Crippen LogP contribution >= 0.6 is 0 Å². The number of piperidine rings is 1. The number of benzene rings is 3. The number of nitrogens with zero attached hydrogens (tertiary/aromatic N) is 5. The van der Waals surface area contributed by atoms with Crippen molar-refractivity contribution >= 4 is 22.8 Å². The number of anilines is 1. The molecular formula is C39H43N5O5. The van der Waals surface area contributed by atoms with E-state index in [1.165, 1.54) is 0 Å². The van der Waals surface area contributed by atoms with Crippen molar-refractivity contribution in [2.45, 2.75) is 52.4 Å². The number of amides is 1. The normalized spacial score (nSPS) is 15.7. The SMILES string of the molecule is Cn1c(=O)n(-c2ccc(OCc3ccccc3)nc2OCc2ccccc2)c2ccc(N3CC4(CCN(C(=O)OC(C)(C)C)CC4)C3)cc21. The van der Waals surface area contributed by atoms with Gasteiger partial charge in [-0.3, -0.25) is 9.13 Å². The van der Waals surface area contributed by atoms with Gasteiger partial charge in [-0.25, -0.2) is 9.59 Å². The predicted molar refractivity (Wildman–Crippen MR) is 190 cm³/mol. The van der Waals surface area contributed by atoms with Crippen LogP contribution < -0.4 is 20.1 Å². The summed E-state index contributed by atoms with van der Waals surface area (Å²) in [5, 5.41) is 0. The fraction of sp³-hybridized carbons (Fsp3) is 0.359. The molecule has 2 saturated heterocycles. The highest BCUT2D eigenvalue weighted by molar-refractivity contribution is 5.83. The maximum absolute atomic E-state index is 13.8. The number of imidazole rings is 1. The monoisotopic (exact) mass is 661 g/mol. The highest BCUT2D eigenvalue weighted by atomic mass is 16.6. The van der Waals surface area contributed by atoms with Gasteiger partial charge in [0.15, 0.2) is 0 Å². The first kappa shape index (κ1) is 32.3. The minimum absolute atomic E-state index is 0.187. The standard InChI is InChI=1S/C39H43N5O5/c1-38(2,3)49-37(46)42-21-19-39(20-22-42)26-43(27-39)30-15-16-31-33(23-30)41(4)36(45)44(31)32-17-18-34(47-24-28-11-7-5-8-12-28)40-35(32)48-25-29-13-9-6-10-14-29/h5-18,23H,19-22,24-27H2,1-4H3. The Kier molecular flexibility index (Phi) is 8.56. The van der Waals surface area contributed by atoms with Gasteiger partial charge in [-0.05, 0) is 69.0 Å². The van der Waals surface area contributed by atoms with Gasteiger partial charge in [-0.2, -0.15) is 4.98 Å². The van der Waals surface area contributed by atoms with Crippen LogP contribution in [0, 0.1) is 5.41 Å². The summed E-state index contributed by atoms with van der Waals surface area (Å²) in [5.74, 6) is 0.727. The maximum Gasteiger partial charge on any atom is 0.410 e. The molecule has 0 aliphatic carbocycles. The molecule has 10 nitrogen and oxygen atoms in total. The lowest BCUT2D eigenvalue weighted by atomic mass is 9.72. The van der Waals surface area contributed by atoms with E-state index in [1.807, 2.05) is 98.5 Å². The van der Waals surface area contributed by atoms with Crippen molar-refractivity contribution in [1.82, 2.24) is 19.0 Å². The largest absolute Gasteiger partial charge is 0.473 e. The molecule has 0 N–H and O–H groups in total. The Morgan fingerprint density at radius 3 is 2.08 bits per heavy atom. The number of ether oxygens (including phenoxy) is 3. The summed E-state index contributed by atoms with van der Waals surface area (Å²) in [4.78, 5) is 35.3. The van der Waals surface area contributed by atoms with E-state index in [0.717, 1.165) is 53.8 Å². The number of fused-ring (bicyclic) bond motifs is 1. The molecule has 0 unspecified atom stereocenters. The molecule has 2 aliphatic rings. The maximum atomic E-state index is 13.8. The summed E-state index contributed by atoms with van der Waals surface area (Å²) >= 11 is 0. The van der Waals surface area contributed by atoms with Crippen molar-refractivity contribution in [2.75, 3.05) is 31.1 Å². The summed E-state index contributed by atoms with van der Waals surface area (Å²) in [6.45, 7) is 9.60. The molecule has 2 aromatic heterocycles. The molecule has 7 rings (SSSR count). The van der Waals surface area contributed by atoms with Crippen LogP contribution in [0.5, 0.6) is 11.8 Å². The minimum atomic E-state index is -0.495. The molecule has 0 radical (unpaired) electrons. The molecule has 1 spiro atoms. The van der Waals surface area contributed by atoms with Crippen LogP contribution in [0.2, 0.25) is 0 Å². The number of aryl methyl sites for hydroxylation is 1. The molecule has 0 bridgehead atoms. The third kappa shape index (κ3) is 6.86. The zero-order valence-corrected chi connectivity index (χ0v) is 28.6. The van der Waals surface area contributed by atoms with E-state index in [-0.39, 0.29) is 17.2 Å². The van der Waals surface area contributed by atoms with Crippen LogP contribution in [-0.2, 0) is 25.0 Å². The van der Waals surface area contributed by atoms with Crippen LogP contribution in [0.1, 0.15) is 44.7 Å². The van der Waals surface area contributed by atoms with E-state index < -0.39 is 5.60 Å². The number of carbonyl (C=O) groups is 1. The Morgan fingerprint density at radius 1 is 0.816 bits per heavy atom. The molecule has 10 heteroatoms. The van der Waals surface area contributed by atoms with Gasteiger partial charge < -0.3 is 24.0 Å². The van der Waals surface area contributed by atoms with Gasteiger partial charge >= 0.3 is 11.8 Å². The van der Waals surface area contributed by atoms with Crippen LogP contribution in [0.15, 0.2) is 95.8 Å². The molecule has 5 aromatic rings. The van der Waals surface area contributed by atoms with Crippen molar-refractivity contribution in [3.05, 3.63) is 113 Å². The molecule has 254 valence electrons. The third-order valence-corrected chi connectivity index (χ3v) is 9.44. The van der Waals surface area contributed by atoms with Gasteiger partial charge in [-0.15, -0.1) is 0 Å². The zero-order valence-electron chi connectivity index (χ0n) is 28.6. The number of aromatic nitrogens is 3. The molecule has 4 heterocycles. The van der Waals surface area contributed by atoms with Gasteiger partial charge in [-0.1, -0.05) is 60.7 Å². The molecule has 0 atom stereocenters. The van der Waals surface area contributed by atoms with Crippen LogP contribution in [0.25, 0.3) is 16.7 Å². The molecule has 2 fully saturated rings. The summed E-state index contributed by atoms with van der Waals surface area (Å²) in [5.41, 5.74) is 4.73. The Labute approximate surface area is 286 Å². The second kappa shape index (κ2) is 13.0. The van der Waals surface area contributed by atoms with Crippen molar-refractivity contribution in [3.8, 4) is 17.4 Å². The van der Waals surface area contributed by atoms with Gasteiger partial charge in [0.1, 0.15) is 24.5 Å². The first-order valence-electron chi connectivity index (χ1n) is 16.9. The van der Waals surface area contributed by atoms with Gasteiger partial charge in [0, 0.05) is 50.4 Å². The Balaban J connectivity index is 1.11. The predicted octanol–water partition coefficient (Wildman–Crippen LogP) is 6.72. The van der Waals surface area contributed by atoms with E-state index >= 15 is 0 Å². The summed E-state index contributed by atoms with van der Waals surface area (Å²) < 4.78 is 21.2. The number of carbonyl (C=O) groups excluding carboxylic acids is 1. The number of likely N-dealkylation sites (tertiary alicyclic amines) is 1. The van der Waals surface area contributed by atoms with Crippen molar-refractivity contribution in [3.63, 3.8) is 0 Å². The number of rotatable bonds is 8. The minimum Gasteiger partial charge on any atom is -0.473 e. The van der Waals surface area contributed by atoms with Gasteiger partial charge in [0.25, 0.3) is 0 Å². The van der Waals surface area contributed by atoms with Crippen molar-refractivity contribution in [1.29, 1.82) is 0 Å². The number of hydrogen-bond acceptors (Lipinski definition) is 7. The molecule has 0 saturated carbocycles. The van der Waals surface area contributed by atoms with Gasteiger partial charge in [0.2, 0.25) is 11.8 Å². The Morgan fingerprint density at radius 2 is 1.45 bits per heavy atom. The van der Waals surface area contributed by atoms with E-state index in [4.69, 9.17) is 19.2 Å². The average Bonchev–Trinajstić information content (AvgIpc) is 3.33. The molecule has 49 heavy (non-hydrogen) atoms. The second-order valence-corrected chi connectivity index (χ2v) is 14.2. The second-order valence-electron chi connectivity index (χ2n) is 14.2. The fourth-order valence-electron chi connectivity index (χ4n) is 6.74. The van der Waals surface area contributed by atoms with E-state index in [1.54, 1.807) is 22.2 Å². The molecule has 2 aliphatic heterocycles. The highest BCUT2D eigenvalue weighted by Gasteiger charge is 2.46. The summed E-state index contributed by atoms with van der Waals surface area (Å²) in [6, 6.07) is 29.6. The summed E-state index contributed by atoms with van der Waals surface area (Å²) in [6.07, 6.45) is 1.67. The first-order valence-corrected chi connectivity index (χ1v) is 16.9. The highest BCUT2D eigenvalue weighted by Crippen LogP contribution is 2.43. The van der Waals surface area contributed by atoms with Crippen LogP contribution in [0.3, 0.4) is 0 Å². The lowest BCUT2D eigenvalue weighted by Crippen LogP contribution is -2.61. The smallest absolute Gasteiger partial charge is 0.410 e. The Hall–Kier alpha value is -5.25. The first-order chi connectivity index (χ1) is 23.6. The van der Waals surface area contributed by atoms with Gasteiger partial charge in [0.05, 0.1) is 11.0 Å². The lowest BCUT2D eigenvalue weighted by molar-refractivity contribution is 0.00598. The van der Waals surface area contributed by atoms with Crippen LogP contribution in [-0.4, -0.2) is 56.9 Å². The summed E-state index contributed by atoms with van der Waals surface area (Å²) in [7, 11) is 1.80. The van der Waals surface area contributed by atoms with Crippen molar-refractivity contribution < 1.29 is 19.0 Å². The quantitative estimate of drug-likeness (QED) is 0.182. The lowest BCUT2D eigenvalue weighted by Gasteiger charge is -2.55. The zero-order chi connectivity index (χ0) is 34.2. The topological polar surface area (TPSA) is 91.1 Å². The van der Waals surface area contributed by atoms with E-state index in [9.17, 15) is 9.59 Å². The number of hydrogen-bond donors (Lipinski definition) is 0. The molecular weight excluding hydrogens is 618 g/mol. The van der Waals surface area contributed by atoms with Crippen molar-refractivity contribution in [2.24, 2.45) is 12.5 Å². The van der Waals surface area contributed by atoms with E-state index in [2.05, 4.69) is 17.0 Å². The number of pyridine rings is 1. The van der Waals surface area contributed by atoms with E-state index in [0.29, 0.717) is 43.8 Å². The Bertz CT molecular complexity index is 2000.